The van der Waals surface area contributed by atoms with Gasteiger partial charge in [-0.05, 0) is 97.7 Å². The second kappa shape index (κ2) is 9.44. The van der Waals surface area contributed by atoms with Gasteiger partial charge in [-0.25, -0.2) is 4.52 Å². The minimum absolute atomic E-state index is 0.201. The molecule has 0 aromatic rings. The van der Waals surface area contributed by atoms with Crippen molar-refractivity contribution in [3.05, 3.63) is 11.6 Å². The van der Waals surface area contributed by atoms with Crippen molar-refractivity contribution < 1.29 is 13.6 Å². The van der Waals surface area contributed by atoms with Crippen LogP contribution in [0.4, 0.5) is 4.20 Å². The zero-order valence-electron chi connectivity index (χ0n) is 20.9. The zero-order valence-corrected chi connectivity index (χ0v) is 22.7. The maximum Gasteiger partial charge on any atom is 0.174 e. The predicted molar refractivity (Wildman–Crippen MR) is 133 cm³/mol. The van der Waals surface area contributed by atoms with Crippen LogP contribution in [0, 0.1) is 46.3 Å². The first kappa shape index (κ1) is 25.5. The van der Waals surface area contributed by atoms with E-state index in [-0.39, 0.29) is 11.5 Å². The molecule has 32 heavy (non-hydrogen) atoms. The van der Waals surface area contributed by atoms with Crippen LogP contribution in [-0.2, 0) is 16.8 Å². The molecule has 0 saturated heterocycles. The highest BCUT2D eigenvalue weighted by molar-refractivity contribution is 8.34. The lowest BCUT2D eigenvalue weighted by atomic mass is 9.47. The number of fused-ring (bicyclic) bond motifs is 5. The van der Waals surface area contributed by atoms with Crippen LogP contribution in [-0.4, -0.2) is 6.10 Å². The molecule has 4 rings (SSSR count). The van der Waals surface area contributed by atoms with Gasteiger partial charge < -0.3 is 17.1 Å². The molecule has 1 unspecified atom stereocenters. The molecule has 0 aliphatic heterocycles. The van der Waals surface area contributed by atoms with Crippen LogP contribution in [0.3, 0.4) is 0 Å². The van der Waals surface area contributed by atoms with E-state index in [1.165, 1.54) is 50.5 Å². The highest BCUT2D eigenvalue weighted by atomic mass is 32.7. The van der Waals surface area contributed by atoms with Crippen LogP contribution < -0.4 is 4.89 Å². The second-order valence-corrected chi connectivity index (χ2v) is 15.1. The third kappa shape index (κ3) is 4.87. The van der Waals surface area contributed by atoms with Crippen molar-refractivity contribution in [3.63, 3.8) is 0 Å². The van der Waals surface area contributed by atoms with E-state index in [0.29, 0.717) is 11.8 Å². The first-order valence-electron chi connectivity index (χ1n) is 13.3. The van der Waals surface area contributed by atoms with Crippen molar-refractivity contribution in [2.75, 3.05) is 0 Å². The largest absolute Gasteiger partial charge is 0.644 e. The Balaban J connectivity index is 1.46. The van der Waals surface area contributed by atoms with Crippen molar-refractivity contribution in [2.24, 2.45) is 46.3 Å². The summed E-state index contributed by atoms with van der Waals surface area (Å²) in [5.74, 6) is 4.91. The third-order valence-electron chi connectivity index (χ3n) is 10.5. The van der Waals surface area contributed by atoms with Gasteiger partial charge in [0, 0.05) is 0 Å². The fourth-order valence-electron chi connectivity index (χ4n) is 8.92. The molecule has 3 fully saturated rings. The molecule has 2 nitrogen and oxygen atoms in total. The van der Waals surface area contributed by atoms with E-state index < -0.39 is 7.23 Å². The van der Waals surface area contributed by atoms with Crippen LogP contribution in [0.2, 0.25) is 0 Å². The summed E-state index contributed by atoms with van der Waals surface area (Å²) in [4.78, 5) is 11.4. The molecule has 0 aromatic heterocycles. The first-order chi connectivity index (χ1) is 14.9. The third-order valence-corrected chi connectivity index (χ3v) is 11.3. The summed E-state index contributed by atoms with van der Waals surface area (Å²) in [7, 11) is -4.33. The van der Waals surface area contributed by atoms with Crippen molar-refractivity contribution in [1.82, 2.24) is 0 Å². The van der Waals surface area contributed by atoms with Crippen molar-refractivity contribution in [3.8, 4) is 0 Å². The molecule has 0 aromatic carbocycles. The summed E-state index contributed by atoms with van der Waals surface area (Å²) < 4.78 is 18.6. The topological polar surface area (TPSA) is 32.3 Å². The summed E-state index contributed by atoms with van der Waals surface area (Å²) in [6.45, 7) is 12.3. The minimum atomic E-state index is -4.33. The Morgan fingerprint density at radius 3 is 2.56 bits per heavy atom. The maximum absolute atomic E-state index is 13.5. The van der Waals surface area contributed by atoms with Crippen LogP contribution in [0.15, 0.2) is 11.6 Å². The van der Waals surface area contributed by atoms with Crippen LogP contribution in [0.25, 0.3) is 0 Å². The van der Waals surface area contributed by atoms with Gasteiger partial charge in [-0.15, -0.1) is 0 Å². The molecule has 0 spiro atoms. The van der Waals surface area contributed by atoms with Gasteiger partial charge in [-0.2, -0.15) is 0 Å². The normalized spacial score (nSPS) is 44.3. The Bertz CT molecular complexity index is 706. The summed E-state index contributed by atoms with van der Waals surface area (Å²) in [5.41, 5.74) is 2.13. The van der Waals surface area contributed by atoms with Gasteiger partial charge in [0.15, 0.2) is 7.23 Å². The molecule has 0 amide bonds. The first-order valence-corrected chi connectivity index (χ1v) is 15.9. The molecule has 0 heterocycles. The quantitative estimate of drug-likeness (QED) is 0.209. The zero-order chi connectivity index (χ0) is 23.3. The van der Waals surface area contributed by atoms with Gasteiger partial charge in [-0.1, -0.05) is 69.7 Å². The Hall–Kier alpha value is 0.370. The number of hydrogen-bond acceptors (Lipinski definition) is 3. The average molecular weight is 484 g/mol. The van der Waals surface area contributed by atoms with Gasteiger partial charge in [0.2, 0.25) is 0 Å². The van der Waals surface area contributed by atoms with E-state index in [1.54, 1.807) is 0 Å². The lowest BCUT2D eigenvalue weighted by molar-refractivity contribution is -0.201. The summed E-state index contributed by atoms with van der Waals surface area (Å²) >= 11 is 4.41. The molecule has 0 radical (unpaired) electrons. The smallest absolute Gasteiger partial charge is 0.174 e. The van der Waals surface area contributed by atoms with Gasteiger partial charge in [0.05, 0.1) is 0 Å². The van der Waals surface area contributed by atoms with Gasteiger partial charge in [0.25, 0.3) is 0 Å². The molecule has 184 valence electrons. The Morgan fingerprint density at radius 1 is 1.12 bits per heavy atom. The van der Waals surface area contributed by atoms with E-state index >= 15 is 0 Å². The Labute approximate surface area is 202 Å². The monoisotopic (exact) mass is 483 g/mol. The molecule has 9 atom stereocenters. The minimum Gasteiger partial charge on any atom is -0.644 e. The Kier molecular flexibility index (Phi) is 7.51. The van der Waals surface area contributed by atoms with E-state index in [4.69, 9.17) is 4.52 Å². The van der Waals surface area contributed by atoms with Gasteiger partial charge in [0.1, 0.15) is 6.10 Å². The summed E-state index contributed by atoms with van der Waals surface area (Å²) in [5, 5.41) is 0. The number of rotatable bonds is 7. The molecular weight excluding hydrogens is 438 g/mol. The molecule has 3 saturated carbocycles. The van der Waals surface area contributed by atoms with E-state index in [9.17, 15) is 9.09 Å². The fourth-order valence-corrected chi connectivity index (χ4v) is 9.82. The lowest BCUT2D eigenvalue weighted by Gasteiger charge is -2.58. The maximum atomic E-state index is 13.5. The van der Waals surface area contributed by atoms with E-state index in [0.717, 1.165) is 54.8 Å². The van der Waals surface area contributed by atoms with Gasteiger partial charge in [-0.3, -0.25) is 0 Å². The Morgan fingerprint density at radius 2 is 1.88 bits per heavy atom. The standard InChI is InChI=1S/C27H46FO2PS/c1-18(2)7-6-8-19(3)23-11-12-24-22-10-9-20-17-21(30-31(28,29)32)13-15-26(20,4)25(22)14-16-27(23,24)5/h9,18-19,21-25H,6-8,10-17H2,1-5H3,(H,29,32)/p-1/t19-,21+,22+,23-,24+,25+,26+,27-,31?/m1/s1. The molecule has 4 aliphatic carbocycles. The number of hydrogen-bond donors (Lipinski definition) is 0. The van der Waals surface area contributed by atoms with Crippen molar-refractivity contribution in [2.45, 2.75) is 111 Å². The van der Waals surface area contributed by atoms with E-state index in [2.05, 4.69) is 52.9 Å². The summed E-state index contributed by atoms with van der Waals surface area (Å²) in [6, 6.07) is 0. The lowest BCUT2D eigenvalue weighted by Crippen LogP contribution is -2.51. The highest BCUT2D eigenvalue weighted by Crippen LogP contribution is 2.68. The molecule has 5 heteroatoms. The highest BCUT2D eigenvalue weighted by Gasteiger charge is 2.59. The molecular formula is C27H45FO2PS-. The van der Waals surface area contributed by atoms with E-state index in [1.807, 2.05) is 0 Å². The van der Waals surface area contributed by atoms with Gasteiger partial charge >= 0.3 is 0 Å². The predicted octanol–water partition coefficient (Wildman–Crippen LogP) is 7.97. The van der Waals surface area contributed by atoms with Crippen LogP contribution in [0.5, 0.6) is 0 Å². The summed E-state index contributed by atoms with van der Waals surface area (Å²) in [6.07, 6.45) is 15.5. The SMILES string of the molecule is CC(C)CCC[C@@H](C)[C@H]1CC[C@H]2[C@@H]3CC=C4C[C@@H](O[P+]([O-])(F)[S-])CC[C@]4(C)[C@H]3CC[C@]12C. The van der Waals surface area contributed by atoms with Crippen molar-refractivity contribution in [1.29, 1.82) is 0 Å². The van der Waals surface area contributed by atoms with Crippen LogP contribution in [0.1, 0.15) is 105 Å². The average Bonchev–Trinajstić information content (AvgIpc) is 3.04. The second-order valence-electron chi connectivity index (χ2n) is 12.7. The van der Waals surface area contributed by atoms with Crippen molar-refractivity contribution >= 4 is 19.5 Å². The molecule has 0 N–H and O–H groups in total. The molecule has 0 bridgehead atoms. The fraction of sp³-hybridized carbons (Fsp3) is 0.926. The number of allylic oxidation sites excluding steroid dienone is 1. The molecule has 4 aliphatic rings. The van der Waals surface area contributed by atoms with Crippen LogP contribution >= 0.6 is 7.23 Å². The number of halogens is 1.